The van der Waals surface area contributed by atoms with Crippen LogP contribution in [0, 0.1) is 0 Å². The molecule has 1 aromatic heterocycles. The van der Waals surface area contributed by atoms with Crippen LogP contribution in [0.15, 0.2) is 27.2 Å². The minimum Gasteiger partial charge on any atom is -0.495 e. The largest absolute Gasteiger partial charge is 0.495 e. The number of aromatic nitrogens is 4. The number of hydrogen-bond donors (Lipinski definition) is 2. The van der Waals surface area contributed by atoms with Crippen molar-refractivity contribution in [2.45, 2.75) is 19.9 Å². The Labute approximate surface area is 172 Å². The summed E-state index contributed by atoms with van der Waals surface area (Å²) in [5.74, 6) is 0.602. The fourth-order valence-corrected chi connectivity index (χ4v) is 3.64. The normalized spacial score (nSPS) is 10.8. The van der Waals surface area contributed by atoms with Crippen LogP contribution < -0.4 is 15.4 Å². The third-order valence-electron chi connectivity index (χ3n) is 3.08. The molecule has 0 aliphatic heterocycles. The number of thiocarbonyl (C=S) groups is 1. The second kappa shape index (κ2) is 9.74. The predicted octanol–water partition coefficient (Wildman–Crippen LogP) is 3.14. The zero-order valence-electron chi connectivity index (χ0n) is 14.0. The lowest BCUT2D eigenvalue weighted by Gasteiger charge is -2.09. The van der Waals surface area contributed by atoms with Crippen molar-refractivity contribution >= 4 is 67.1 Å². The van der Waals surface area contributed by atoms with Crippen LogP contribution in [0.1, 0.15) is 18.9 Å². The molecular formula is C15H16Br2N6O2S. The van der Waals surface area contributed by atoms with Gasteiger partial charge in [-0.3, -0.25) is 15.4 Å². The highest BCUT2D eigenvalue weighted by Gasteiger charge is 2.10. The van der Waals surface area contributed by atoms with E-state index in [-0.39, 0.29) is 5.11 Å². The Morgan fingerprint density at radius 2 is 2.19 bits per heavy atom. The lowest BCUT2D eigenvalue weighted by molar-refractivity contribution is -0.115. The number of aryl methyl sites for hydroxylation is 1. The first kappa shape index (κ1) is 20.5. The number of anilines is 1. The first-order valence-electron chi connectivity index (χ1n) is 7.53. The number of benzene rings is 1. The van der Waals surface area contributed by atoms with Crippen molar-refractivity contribution in [1.29, 1.82) is 0 Å². The van der Waals surface area contributed by atoms with Gasteiger partial charge >= 0.3 is 0 Å². The molecule has 1 amide bonds. The number of rotatable bonds is 6. The number of tetrazole rings is 1. The maximum Gasteiger partial charge on any atom is 0.250 e. The molecule has 8 nitrogen and oxygen atoms in total. The van der Waals surface area contributed by atoms with Gasteiger partial charge in [-0.25, -0.2) is 4.68 Å². The lowest BCUT2D eigenvalue weighted by Crippen LogP contribution is -2.33. The summed E-state index contributed by atoms with van der Waals surface area (Å²) in [6, 6.07) is 3.69. The van der Waals surface area contributed by atoms with Crippen LogP contribution in [-0.2, 0) is 11.3 Å². The van der Waals surface area contributed by atoms with Crippen LogP contribution in [0.2, 0.25) is 0 Å². The molecule has 0 saturated carbocycles. The maximum absolute atomic E-state index is 12.1. The van der Waals surface area contributed by atoms with Gasteiger partial charge in [0.15, 0.2) is 5.11 Å². The number of hydrogen-bond acceptors (Lipinski definition) is 6. The summed E-state index contributed by atoms with van der Waals surface area (Å²) in [5.41, 5.74) is 0.731. The van der Waals surface area contributed by atoms with Gasteiger partial charge in [-0.2, -0.15) is 0 Å². The van der Waals surface area contributed by atoms with E-state index in [0.717, 1.165) is 20.9 Å². The van der Waals surface area contributed by atoms with Gasteiger partial charge in [-0.05, 0) is 63.2 Å². The van der Waals surface area contributed by atoms with Crippen LogP contribution in [0.5, 0.6) is 5.75 Å². The molecule has 2 rings (SSSR count). The molecule has 2 aromatic rings. The fourth-order valence-electron chi connectivity index (χ4n) is 2.03. The summed E-state index contributed by atoms with van der Waals surface area (Å²) in [6.45, 7) is 2.65. The molecule has 0 bridgehead atoms. The molecule has 138 valence electrons. The molecule has 0 spiro atoms. The highest BCUT2D eigenvalue weighted by Crippen LogP contribution is 2.33. The number of nitrogens with one attached hydrogen (secondary N) is 2. The number of methoxy groups -OCH3 is 1. The number of carbonyl (C=O) groups is 1. The van der Waals surface area contributed by atoms with Gasteiger partial charge in [0.05, 0.1) is 11.6 Å². The lowest BCUT2D eigenvalue weighted by atomic mass is 10.2. The van der Waals surface area contributed by atoms with Gasteiger partial charge in [0.2, 0.25) is 11.9 Å². The summed E-state index contributed by atoms with van der Waals surface area (Å²) in [5, 5.41) is 16.7. The van der Waals surface area contributed by atoms with Gasteiger partial charge in [-0.1, -0.05) is 28.0 Å². The van der Waals surface area contributed by atoms with Gasteiger partial charge in [0.25, 0.3) is 0 Å². The van der Waals surface area contributed by atoms with E-state index in [0.29, 0.717) is 18.2 Å². The third-order valence-corrected chi connectivity index (χ3v) is 4.34. The summed E-state index contributed by atoms with van der Waals surface area (Å²) < 4.78 is 8.53. The number of amides is 1. The molecule has 11 heteroatoms. The van der Waals surface area contributed by atoms with Crippen molar-refractivity contribution in [3.05, 3.63) is 32.7 Å². The number of carbonyl (C=O) groups excluding carboxylic acids is 1. The van der Waals surface area contributed by atoms with Crippen LogP contribution in [-0.4, -0.2) is 38.3 Å². The van der Waals surface area contributed by atoms with Crippen molar-refractivity contribution in [1.82, 2.24) is 25.5 Å². The zero-order chi connectivity index (χ0) is 19.1. The van der Waals surface area contributed by atoms with E-state index in [1.165, 1.54) is 6.08 Å². The first-order valence-corrected chi connectivity index (χ1v) is 9.53. The third kappa shape index (κ3) is 5.58. The van der Waals surface area contributed by atoms with Gasteiger partial charge in [0.1, 0.15) is 5.75 Å². The van der Waals surface area contributed by atoms with Crippen molar-refractivity contribution in [3.8, 4) is 5.75 Å². The molecule has 0 aliphatic carbocycles. The molecule has 0 atom stereocenters. The van der Waals surface area contributed by atoms with Crippen molar-refractivity contribution in [2.24, 2.45) is 0 Å². The second-order valence-corrected chi connectivity index (χ2v) is 7.19. The van der Waals surface area contributed by atoms with Crippen LogP contribution >= 0.6 is 44.1 Å². The second-order valence-electron chi connectivity index (χ2n) is 5.01. The summed E-state index contributed by atoms with van der Waals surface area (Å²) >= 11 is 11.9. The molecule has 26 heavy (non-hydrogen) atoms. The first-order chi connectivity index (χ1) is 12.4. The van der Waals surface area contributed by atoms with Crippen LogP contribution in [0.4, 0.5) is 5.95 Å². The topological polar surface area (TPSA) is 94.0 Å². The van der Waals surface area contributed by atoms with E-state index in [4.69, 9.17) is 17.0 Å². The fraction of sp³-hybridized carbons (Fsp3) is 0.267. The Morgan fingerprint density at radius 1 is 1.42 bits per heavy atom. The van der Waals surface area contributed by atoms with Crippen molar-refractivity contribution < 1.29 is 9.53 Å². The molecule has 0 saturated heterocycles. The monoisotopic (exact) mass is 502 g/mol. The molecule has 0 radical (unpaired) electrons. The highest BCUT2D eigenvalue weighted by molar-refractivity contribution is 9.11. The summed E-state index contributed by atoms with van der Waals surface area (Å²) in [6.07, 6.45) is 3.86. The molecule has 0 fully saturated rings. The quantitative estimate of drug-likeness (QED) is 0.462. The van der Waals surface area contributed by atoms with Crippen LogP contribution in [0.3, 0.4) is 0 Å². The minimum absolute atomic E-state index is 0.106. The SMILES string of the molecule is CCCn1nnnc1NC(=S)NC(=O)C=Cc1cc(Br)cc(Br)c1OC. The van der Waals surface area contributed by atoms with E-state index in [1.54, 1.807) is 17.9 Å². The predicted molar refractivity (Wildman–Crippen MR) is 110 cm³/mol. The minimum atomic E-state index is -0.393. The molecule has 1 heterocycles. The molecule has 0 aliphatic rings. The summed E-state index contributed by atoms with van der Waals surface area (Å²) in [4.78, 5) is 12.1. The number of halogens is 2. The number of ether oxygens (including phenoxy) is 1. The van der Waals surface area contributed by atoms with E-state index in [9.17, 15) is 4.79 Å². The smallest absolute Gasteiger partial charge is 0.250 e. The molecule has 0 unspecified atom stereocenters. The Hall–Kier alpha value is -1.85. The van der Waals surface area contributed by atoms with Crippen LogP contribution in [0.25, 0.3) is 6.08 Å². The summed E-state index contributed by atoms with van der Waals surface area (Å²) in [7, 11) is 1.56. The van der Waals surface area contributed by atoms with E-state index < -0.39 is 5.91 Å². The highest BCUT2D eigenvalue weighted by atomic mass is 79.9. The van der Waals surface area contributed by atoms with Gasteiger partial charge in [-0.15, -0.1) is 0 Å². The van der Waals surface area contributed by atoms with E-state index in [2.05, 4.69) is 58.0 Å². The Kier molecular flexibility index (Phi) is 7.66. The standard InChI is InChI=1S/C15H16Br2N6O2S/c1-3-6-23-14(20-21-22-23)19-15(26)18-12(24)5-4-9-7-10(16)8-11(17)13(9)25-2/h4-5,7-8H,3,6H2,1-2H3,(H2,18,19,20,22,24,26). The van der Waals surface area contributed by atoms with Crippen molar-refractivity contribution in [2.75, 3.05) is 12.4 Å². The van der Waals surface area contributed by atoms with Crippen molar-refractivity contribution in [3.63, 3.8) is 0 Å². The number of nitrogens with zero attached hydrogens (tertiary/aromatic N) is 4. The Balaban J connectivity index is 2.01. The van der Waals surface area contributed by atoms with Gasteiger partial charge < -0.3 is 4.74 Å². The maximum atomic E-state index is 12.1. The average molecular weight is 504 g/mol. The van der Waals surface area contributed by atoms with E-state index in [1.807, 2.05) is 19.1 Å². The van der Waals surface area contributed by atoms with Gasteiger partial charge in [0, 0.05) is 22.7 Å². The molecule has 1 aromatic carbocycles. The average Bonchev–Trinajstić information content (AvgIpc) is 2.99. The van der Waals surface area contributed by atoms with E-state index >= 15 is 0 Å². The zero-order valence-corrected chi connectivity index (χ0v) is 18.0. The molecular weight excluding hydrogens is 488 g/mol. The Morgan fingerprint density at radius 3 is 2.88 bits per heavy atom. The molecule has 2 N–H and O–H groups in total. The Bertz CT molecular complexity index is 840.